The number of aliphatic hydroxyl groups excluding tert-OH is 1. The molecule has 18 heavy (non-hydrogen) atoms. The quantitative estimate of drug-likeness (QED) is 0.876. The molecule has 2 rings (SSSR count). The molecular formula is C13H20N2O2S. The van der Waals surface area contributed by atoms with E-state index in [9.17, 15) is 9.90 Å². The summed E-state index contributed by atoms with van der Waals surface area (Å²) in [5.74, 6) is 0.754. The molecule has 1 aromatic heterocycles. The first kappa shape index (κ1) is 13.5. The molecule has 0 bridgehead atoms. The Morgan fingerprint density at radius 3 is 2.78 bits per heavy atom. The van der Waals surface area contributed by atoms with Gasteiger partial charge in [-0.1, -0.05) is 6.42 Å². The van der Waals surface area contributed by atoms with Crippen LogP contribution in [0.4, 0.5) is 0 Å². The standard InChI is InChI=1S/C13H20N2O2S/c1-8-12(18-9(2)15-8)13(17)14-6-10-4-3-5-11(10)7-16/h10-11,16H,3-7H2,1-2H3,(H,14,17). The van der Waals surface area contributed by atoms with Crippen LogP contribution in [0.1, 0.15) is 39.6 Å². The van der Waals surface area contributed by atoms with E-state index in [-0.39, 0.29) is 12.5 Å². The summed E-state index contributed by atoms with van der Waals surface area (Å²) < 4.78 is 0. The number of aromatic nitrogens is 1. The zero-order valence-corrected chi connectivity index (χ0v) is 11.7. The number of aryl methyl sites for hydroxylation is 2. The number of amides is 1. The van der Waals surface area contributed by atoms with E-state index >= 15 is 0 Å². The number of hydrogen-bond acceptors (Lipinski definition) is 4. The van der Waals surface area contributed by atoms with Crippen LogP contribution >= 0.6 is 11.3 Å². The first-order valence-corrected chi connectivity index (χ1v) is 7.26. The average Bonchev–Trinajstić information content (AvgIpc) is 2.92. The van der Waals surface area contributed by atoms with Crippen LogP contribution in [0.25, 0.3) is 0 Å². The van der Waals surface area contributed by atoms with Gasteiger partial charge >= 0.3 is 0 Å². The summed E-state index contributed by atoms with van der Waals surface area (Å²) in [5, 5.41) is 13.1. The van der Waals surface area contributed by atoms with E-state index in [1.165, 1.54) is 11.3 Å². The predicted molar refractivity (Wildman–Crippen MR) is 71.8 cm³/mol. The Morgan fingerprint density at radius 2 is 2.17 bits per heavy atom. The summed E-state index contributed by atoms with van der Waals surface area (Å²) in [6.07, 6.45) is 3.34. The zero-order valence-electron chi connectivity index (χ0n) is 10.9. The van der Waals surface area contributed by atoms with Gasteiger partial charge in [-0.2, -0.15) is 0 Å². The lowest BCUT2D eigenvalue weighted by Crippen LogP contribution is -2.31. The molecular weight excluding hydrogens is 248 g/mol. The highest BCUT2D eigenvalue weighted by molar-refractivity contribution is 7.13. The molecule has 1 aliphatic carbocycles. The van der Waals surface area contributed by atoms with Gasteiger partial charge in [-0.05, 0) is 38.5 Å². The molecule has 1 aromatic rings. The monoisotopic (exact) mass is 268 g/mol. The van der Waals surface area contributed by atoms with E-state index in [1.54, 1.807) is 0 Å². The molecule has 5 heteroatoms. The molecule has 0 aromatic carbocycles. The fourth-order valence-corrected chi connectivity index (χ4v) is 3.50. The van der Waals surface area contributed by atoms with Crippen LogP contribution in [0.5, 0.6) is 0 Å². The third-order valence-corrected chi connectivity index (χ3v) is 4.76. The van der Waals surface area contributed by atoms with E-state index < -0.39 is 0 Å². The fraction of sp³-hybridized carbons (Fsp3) is 0.692. The van der Waals surface area contributed by atoms with Crippen LogP contribution in [0, 0.1) is 25.7 Å². The lowest BCUT2D eigenvalue weighted by atomic mass is 9.97. The van der Waals surface area contributed by atoms with E-state index in [1.807, 2.05) is 13.8 Å². The van der Waals surface area contributed by atoms with Crippen molar-refractivity contribution in [2.24, 2.45) is 11.8 Å². The maximum atomic E-state index is 12.0. The number of carbonyl (C=O) groups excluding carboxylic acids is 1. The van der Waals surface area contributed by atoms with Gasteiger partial charge in [0.1, 0.15) is 4.88 Å². The van der Waals surface area contributed by atoms with Crippen LogP contribution in [-0.2, 0) is 0 Å². The number of nitrogens with zero attached hydrogens (tertiary/aromatic N) is 1. The fourth-order valence-electron chi connectivity index (χ4n) is 2.67. The third kappa shape index (κ3) is 2.90. The van der Waals surface area contributed by atoms with Crippen molar-refractivity contribution < 1.29 is 9.90 Å². The predicted octanol–water partition coefficient (Wildman–Crippen LogP) is 1.90. The Kier molecular flexibility index (Phi) is 4.35. The van der Waals surface area contributed by atoms with E-state index in [2.05, 4.69) is 10.3 Å². The minimum Gasteiger partial charge on any atom is -0.396 e. The minimum atomic E-state index is -0.0262. The van der Waals surface area contributed by atoms with Crippen molar-refractivity contribution in [3.8, 4) is 0 Å². The van der Waals surface area contributed by atoms with Gasteiger partial charge in [0.05, 0.1) is 10.7 Å². The molecule has 1 heterocycles. The van der Waals surface area contributed by atoms with Crippen molar-refractivity contribution in [2.75, 3.05) is 13.2 Å². The molecule has 1 fully saturated rings. The number of rotatable bonds is 4. The Bertz CT molecular complexity index is 431. The van der Waals surface area contributed by atoms with Gasteiger partial charge in [0.15, 0.2) is 0 Å². The number of nitrogens with one attached hydrogen (secondary N) is 1. The summed E-state index contributed by atoms with van der Waals surface area (Å²) in [6, 6.07) is 0. The number of thiazole rings is 1. The number of aliphatic hydroxyl groups is 1. The van der Waals surface area contributed by atoms with Gasteiger partial charge in [-0.25, -0.2) is 4.98 Å². The van der Waals surface area contributed by atoms with Crippen molar-refractivity contribution in [3.63, 3.8) is 0 Å². The van der Waals surface area contributed by atoms with E-state index in [0.29, 0.717) is 23.3 Å². The average molecular weight is 268 g/mol. The molecule has 0 saturated heterocycles. The highest BCUT2D eigenvalue weighted by Gasteiger charge is 2.27. The molecule has 1 saturated carbocycles. The van der Waals surface area contributed by atoms with Gasteiger partial charge in [0, 0.05) is 13.2 Å². The maximum Gasteiger partial charge on any atom is 0.263 e. The minimum absolute atomic E-state index is 0.0262. The second kappa shape index (κ2) is 5.80. The van der Waals surface area contributed by atoms with Crippen LogP contribution in [-0.4, -0.2) is 29.1 Å². The maximum absolute atomic E-state index is 12.0. The number of hydrogen-bond donors (Lipinski definition) is 2. The Morgan fingerprint density at radius 1 is 1.44 bits per heavy atom. The zero-order chi connectivity index (χ0) is 13.1. The van der Waals surface area contributed by atoms with E-state index in [0.717, 1.165) is 30.0 Å². The Balaban J connectivity index is 1.90. The van der Waals surface area contributed by atoms with Gasteiger partial charge in [0.2, 0.25) is 0 Å². The summed E-state index contributed by atoms with van der Waals surface area (Å²) in [4.78, 5) is 17.0. The summed E-state index contributed by atoms with van der Waals surface area (Å²) >= 11 is 1.44. The molecule has 100 valence electrons. The molecule has 2 atom stereocenters. The van der Waals surface area contributed by atoms with Crippen LogP contribution in [0.2, 0.25) is 0 Å². The molecule has 0 radical (unpaired) electrons. The lowest BCUT2D eigenvalue weighted by molar-refractivity contribution is 0.0941. The van der Waals surface area contributed by atoms with Crippen molar-refractivity contribution in [2.45, 2.75) is 33.1 Å². The van der Waals surface area contributed by atoms with Gasteiger partial charge in [-0.3, -0.25) is 4.79 Å². The van der Waals surface area contributed by atoms with Crippen molar-refractivity contribution in [1.29, 1.82) is 0 Å². The molecule has 2 N–H and O–H groups in total. The SMILES string of the molecule is Cc1nc(C)c(C(=O)NCC2CCCC2CO)s1. The van der Waals surface area contributed by atoms with Crippen molar-refractivity contribution in [3.05, 3.63) is 15.6 Å². The largest absolute Gasteiger partial charge is 0.396 e. The lowest BCUT2D eigenvalue weighted by Gasteiger charge is -2.17. The first-order valence-electron chi connectivity index (χ1n) is 6.45. The Labute approximate surface area is 111 Å². The second-order valence-electron chi connectivity index (χ2n) is 4.99. The third-order valence-electron chi connectivity index (χ3n) is 3.69. The van der Waals surface area contributed by atoms with E-state index in [4.69, 9.17) is 0 Å². The molecule has 1 aliphatic rings. The smallest absolute Gasteiger partial charge is 0.263 e. The number of carbonyl (C=O) groups is 1. The highest BCUT2D eigenvalue weighted by Crippen LogP contribution is 2.30. The highest BCUT2D eigenvalue weighted by atomic mass is 32.1. The first-order chi connectivity index (χ1) is 8.61. The Hall–Kier alpha value is -0.940. The molecule has 0 aliphatic heterocycles. The summed E-state index contributed by atoms with van der Waals surface area (Å²) in [5.41, 5.74) is 0.806. The molecule has 4 nitrogen and oxygen atoms in total. The van der Waals surface area contributed by atoms with Crippen LogP contribution in [0.3, 0.4) is 0 Å². The van der Waals surface area contributed by atoms with Gasteiger partial charge in [-0.15, -0.1) is 11.3 Å². The molecule has 0 spiro atoms. The van der Waals surface area contributed by atoms with Crippen molar-refractivity contribution >= 4 is 17.2 Å². The van der Waals surface area contributed by atoms with Gasteiger partial charge in [0.25, 0.3) is 5.91 Å². The summed E-state index contributed by atoms with van der Waals surface area (Å²) in [7, 11) is 0. The van der Waals surface area contributed by atoms with Crippen LogP contribution in [0.15, 0.2) is 0 Å². The second-order valence-corrected chi connectivity index (χ2v) is 6.19. The summed E-state index contributed by atoms with van der Waals surface area (Å²) in [6.45, 7) is 4.68. The van der Waals surface area contributed by atoms with Crippen molar-refractivity contribution in [1.82, 2.24) is 10.3 Å². The topological polar surface area (TPSA) is 62.2 Å². The van der Waals surface area contributed by atoms with Crippen LogP contribution < -0.4 is 5.32 Å². The molecule has 2 unspecified atom stereocenters. The normalized spacial score (nSPS) is 23.3. The molecule has 1 amide bonds. The van der Waals surface area contributed by atoms with Gasteiger partial charge < -0.3 is 10.4 Å².